The van der Waals surface area contributed by atoms with Crippen molar-refractivity contribution < 1.29 is 13.2 Å². The fraction of sp³-hybridized carbons (Fsp3) is 0.538. The molecule has 1 heterocycles. The zero-order valence-corrected chi connectivity index (χ0v) is 15.4. The SMILES string of the molecule is COc1cc(Br)c(N)cc1S(=O)(=O)N1CCSC(C)(C)C1. The maximum absolute atomic E-state index is 12.9. The molecule has 0 bridgehead atoms. The van der Waals surface area contributed by atoms with Crippen molar-refractivity contribution in [1.29, 1.82) is 0 Å². The van der Waals surface area contributed by atoms with Crippen molar-refractivity contribution in [3.05, 3.63) is 16.6 Å². The number of ether oxygens (including phenoxy) is 1. The minimum Gasteiger partial charge on any atom is -0.495 e. The molecule has 1 aliphatic heterocycles. The van der Waals surface area contributed by atoms with E-state index in [2.05, 4.69) is 15.9 Å². The predicted molar refractivity (Wildman–Crippen MR) is 90.4 cm³/mol. The summed E-state index contributed by atoms with van der Waals surface area (Å²) in [5, 5.41) is 0. The second-order valence-corrected chi connectivity index (χ2v) is 10.0. The van der Waals surface area contributed by atoms with Crippen LogP contribution in [0.1, 0.15) is 13.8 Å². The minimum atomic E-state index is -3.62. The standard InChI is InChI=1S/C13H19BrN2O3S2/c1-13(2)8-16(4-5-20-13)21(17,18)12-7-10(15)9(14)6-11(12)19-3/h6-7H,4-5,8,15H2,1-3H3. The summed E-state index contributed by atoms with van der Waals surface area (Å²) in [6.07, 6.45) is 0. The molecule has 0 unspecified atom stereocenters. The van der Waals surface area contributed by atoms with Crippen LogP contribution in [0.4, 0.5) is 5.69 Å². The Morgan fingerprint density at radius 1 is 1.43 bits per heavy atom. The van der Waals surface area contributed by atoms with Crippen molar-refractivity contribution >= 4 is 43.4 Å². The van der Waals surface area contributed by atoms with E-state index in [1.165, 1.54) is 17.5 Å². The first-order valence-corrected chi connectivity index (χ1v) is 9.66. The molecule has 8 heteroatoms. The summed E-state index contributed by atoms with van der Waals surface area (Å²) in [6.45, 7) is 5.06. The Balaban J connectivity index is 2.47. The molecule has 1 fully saturated rings. The molecule has 0 radical (unpaired) electrons. The molecule has 118 valence electrons. The third-order valence-electron chi connectivity index (χ3n) is 3.29. The highest BCUT2D eigenvalue weighted by Gasteiger charge is 2.36. The van der Waals surface area contributed by atoms with Gasteiger partial charge in [0.1, 0.15) is 10.6 Å². The van der Waals surface area contributed by atoms with E-state index in [0.29, 0.717) is 29.0 Å². The van der Waals surface area contributed by atoms with E-state index < -0.39 is 10.0 Å². The normalized spacial score (nSPS) is 19.4. The third-order valence-corrected chi connectivity index (χ3v) is 7.14. The number of thioether (sulfide) groups is 1. The largest absolute Gasteiger partial charge is 0.495 e. The van der Waals surface area contributed by atoms with Gasteiger partial charge in [-0.3, -0.25) is 0 Å². The van der Waals surface area contributed by atoms with Gasteiger partial charge in [-0.05, 0) is 41.9 Å². The van der Waals surface area contributed by atoms with E-state index in [-0.39, 0.29) is 9.64 Å². The van der Waals surface area contributed by atoms with Crippen LogP contribution in [0, 0.1) is 0 Å². The van der Waals surface area contributed by atoms with Gasteiger partial charge >= 0.3 is 0 Å². The molecule has 0 amide bonds. The lowest BCUT2D eigenvalue weighted by atomic mass is 10.2. The highest BCUT2D eigenvalue weighted by Crippen LogP contribution is 2.37. The van der Waals surface area contributed by atoms with E-state index in [1.54, 1.807) is 17.8 Å². The Labute approximate surface area is 138 Å². The molecule has 2 N–H and O–H groups in total. The van der Waals surface area contributed by atoms with Crippen LogP contribution < -0.4 is 10.5 Å². The first-order chi connectivity index (χ1) is 9.67. The van der Waals surface area contributed by atoms with Crippen LogP contribution >= 0.6 is 27.7 Å². The Hall–Kier alpha value is -0.440. The molecule has 0 aromatic heterocycles. The number of methoxy groups -OCH3 is 1. The number of halogens is 1. The average molecular weight is 395 g/mol. The number of benzene rings is 1. The molecule has 0 saturated carbocycles. The van der Waals surface area contributed by atoms with Crippen LogP contribution in [0.2, 0.25) is 0 Å². The summed E-state index contributed by atoms with van der Waals surface area (Å²) >= 11 is 5.07. The zero-order valence-electron chi connectivity index (χ0n) is 12.2. The third kappa shape index (κ3) is 3.49. The van der Waals surface area contributed by atoms with Crippen molar-refractivity contribution in [3.8, 4) is 5.75 Å². The lowest BCUT2D eigenvalue weighted by molar-refractivity contribution is 0.376. The summed E-state index contributed by atoms with van der Waals surface area (Å²) in [7, 11) is -2.17. The van der Waals surface area contributed by atoms with Crippen LogP contribution in [-0.2, 0) is 10.0 Å². The second-order valence-electron chi connectivity index (χ2n) is 5.47. The van der Waals surface area contributed by atoms with Crippen LogP contribution in [0.5, 0.6) is 5.75 Å². The monoisotopic (exact) mass is 394 g/mol. The van der Waals surface area contributed by atoms with Gasteiger partial charge in [-0.15, -0.1) is 0 Å². The summed E-state index contributed by atoms with van der Waals surface area (Å²) < 4.78 is 33.0. The quantitative estimate of drug-likeness (QED) is 0.797. The van der Waals surface area contributed by atoms with Crippen molar-refractivity contribution in [2.24, 2.45) is 0 Å². The number of hydrogen-bond donors (Lipinski definition) is 1. The van der Waals surface area contributed by atoms with Gasteiger partial charge in [-0.1, -0.05) is 0 Å². The highest BCUT2D eigenvalue weighted by molar-refractivity contribution is 9.10. The molecular formula is C13H19BrN2O3S2. The topological polar surface area (TPSA) is 72.6 Å². The molecule has 1 saturated heterocycles. The van der Waals surface area contributed by atoms with Crippen molar-refractivity contribution in [2.75, 3.05) is 31.7 Å². The van der Waals surface area contributed by atoms with Crippen LogP contribution in [-0.4, -0.2) is 43.4 Å². The predicted octanol–water partition coefficient (Wildman–Crippen LogP) is 2.56. The molecule has 2 rings (SSSR count). The van der Waals surface area contributed by atoms with Crippen molar-refractivity contribution in [1.82, 2.24) is 4.31 Å². The Morgan fingerprint density at radius 3 is 2.67 bits per heavy atom. The maximum atomic E-state index is 12.9. The van der Waals surface area contributed by atoms with Crippen LogP contribution in [0.25, 0.3) is 0 Å². The Morgan fingerprint density at radius 2 is 2.10 bits per heavy atom. The summed E-state index contributed by atoms with van der Waals surface area (Å²) in [4.78, 5) is 0.119. The minimum absolute atomic E-state index is 0.0978. The lowest BCUT2D eigenvalue weighted by Gasteiger charge is -2.36. The van der Waals surface area contributed by atoms with E-state index in [1.807, 2.05) is 13.8 Å². The molecular weight excluding hydrogens is 376 g/mol. The summed E-state index contributed by atoms with van der Waals surface area (Å²) in [5.74, 6) is 1.08. The number of hydrogen-bond acceptors (Lipinski definition) is 5. The Kier molecular flexibility index (Phi) is 4.82. The zero-order chi connectivity index (χ0) is 15.8. The van der Waals surface area contributed by atoms with Crippen molar-refractivity contribution in [3.63, 3.8) is 0 Å². The molecule has 0 aliphatic carbocycles. The van der Waals surface area contributed by atoms with Gasteiger partial charge in [-0.25, -0.2) is 8.42 Å². The Bertz CT molecular complexity index is 647. The number of nitrogens with zero attached hydrogens (tertiary/aromatic N) is 1. The van der Waals surface area contributed by atoms with Gasteiger partial charge in [0.05, 0.1) is 7.11 Å². The molecule has 0 spiro atoms. The van der Waals surface area contributed by atoms with E-state index in [9.17, 15) is 8.42 Å². The van der Waals surface area contributed by atoms with Crippen molar-refractivity contribution in [2.45, 2.75) is 23.5 Å². The van der Waals surface area contributed by atoms with Gasteiger partial charge in [0, 0.05) is 33.7 Å². The number of nitrogen functional groups attached to an aromatic ring is 1. The molecule has 1 aliphatic rings. The van der Waals surface area contributed by atoms with E-state index in [4.69, 9.17) is 10.5 Å². The maximum Gasteiger partial charge on any atom is 0.246 e. The first kappa shape index (κ1) is 16.9. The van der Waals surface area contributed by atoms with Crippen LogP contribution in [0.15, 0.2) is 21.5 Å². The average Bonchev–Trinajstić information content (AvgIpc) is 2.40. The molecule has 0 atom stereocenters. The van der Waals surface area contributed by atoms with E-state index in [0.717, 1.165) is 5.75 Å². The van der Waals surface area contributed by atoms with Gasteiger partial charge in [0.25, 0.3) is 0 Å². The van der Waals surface area contributed by atoms with Crippen LogP contribution in [0.3, 0.4) is 0 Å². The molecule has 21 heavy (non-hydrogen) atoms. The molecule has 1 aromatic rings. The van der Waals surface area contributed by atoms with Gasteiger partial charge in [0.2, 0.25) is 10.0 Å². The van der Waals surface area contributed by atoms with Gasteiger partial charge < -0.3 is 10.5 Å². The smallest absolute Gasteiger partial charge is 0.246 e. The molecule has 1 aromatic carbocycles. The molecule has 5 nitrogen and oxygen atoms in total. The fourth-order valence-electron chi connectivity index (χ4n) is 2.23. The first-order valence-electron chi connectivity index (χ1n) is 6.44. The fourth-order valence-corrected chi connectivity index (χ4v) is 5.64. The number of anilines is 1. The lowest BCUT2D eigenvalue weighted by Crippen LogP contribution is -2.46. The van der Waals surface area contributed by atoms with Gasteiger partial charge in [0.15, 0.2) is 0 Å². The summed E-state index contributed by atoms with van der Waals surface area (Å²) in [6, 6.07) is 3.04. The van der Waals surface area contributed by atoms with Gasteiger partial charge in [-0.2, -0.15) is 16.1 Å². The summed E-state index contributed by atoms with van der Waals surface area (Å²) in [5.41, 5.74) is 6.21. The number of rotatable bonds is 3. The number of nitrogens with two attached hydrogens (primary N) is 1. The second kappa shape index (κ2) is 5.98. The number of sulfonamides is 1. The highest BCUT2D eigenvalue weighted by atomic mass is 79.9. The van der Waals surface area contributed by atoms with E-state index >= 15 is 0 Å².